The van der Waals surface area contributed by atoms with Crippen LogP contribution < -0.4 is 0 Å². The lowest BCUT2D eigenvalue weighted by Crippen LogP contribution is -2.44. The highest BCUT2D eigenvalue weighted by atomic mass is 16.5. The van der Waals surface area contributed by atoms with Gasteiger partial charge < -0.3 is 4.74 Å². The normalized spacial score (nSPS) is 22.6. The molecule has 1 heteroatoms. The standard InChI is InChI=1S/C21H42O/c1-7-10-20(12-11-17(4)9-3)19(6)18(5)14-21(13-8-2)15-22-16-21/h17-20H,7-16H2,1-6H3. The fourth-order valence-electron chi connectivity index (χ4n) is 4.36. The molecule has 22 heavy (non-hydrogen) atoms. The van der Waals surface area contributed by atoms with Gasteiger partial charge in [0.05, 0.1) is 13.2 Å². The summed E-state index contributed by atoms with van der Waals surface area (Å²) in [5, 5.41) is 0. The molecule has 0 aromatic carbocycles. The average molecular weight is 311 g/mol. The predicted molar refractivity (Wildman–Crippen MR) is 98.2 cm³/mol. The molecule has 4 unspecified atom stereocenters. The van der Waals surface area contributed by atoms with Crippen LogP contribution in [0.1, 0.15) is 92.9 Å². The Morgan fingerprint density at radius 3 is 2.05 bits per heavy atom. The molecule has 0 aromatic heterocycles. The SMILES string of the molecule is CCCC(CCC(C)CC)C(C)C(C)CC1(CCC)COC1. The fourth-order valence-corrected chi connectivity index (χ4v) is 4.36. The third-order valence-electron chi connectivity index (χ3n) is 6.38. The lowest BCUT2D eigenvalue weighted by Gasteiger charge is -2.45. The van der Waals surface area contributed by atoms with E-state index in [9.17, 15) is 0 Å². The van der Waals surface area contributed by atoms with Crippen LogP contribution in [0.2, 0.25) is 0 Å². The number of rotatable bonds is 12. The first kappa shape index (κ1) is 20.0. The second kappa shape index (κ2) is 9.96. The van der Waals surface area contributed by atoms with Crippen LogP contribution in [0.4, 0.5) is 0 Å². The first-order chi connectivity index (χ1) is 10.5. The molecule has 4 atom stereocenters. The molecule has 0 saturated carbocycles. The third kappa shape index (κ3) is 5.87. The van der Waals surface area contributed by atoms with Gasteiger partial charge in [-0.05, 0) is 42.9 Å². The van der Waals surface area contributed by atoms with E-state index in [2.05, 4.69) is 41.5 Å². The van der Waals surface area contributed by atoms with Gasteiger partial charge >= 0.3 is 0 Å². The maximum Gasteiger partial charge on any atom is 0.0544 e. The van der Waals surface area contributed by atoms with E-state index in [4.69, 9.17) is 4.74 Å². The second-order valence-corrected chi connectivity index (χ2v) is 8.42. The smallest absolute Gasteiger partial charge is 0.0544 e. The maximum absolute atomic E-state index is 5.57. The highest BCUT2D eigenvalue weighted by Gasteiger charge is 2.40. The molecule has 1 saturated heterocycles. The van der Waals surface area contributed by atoms with Gasteiger partial charge in [0.15, 0.2) is 0 Å². The van der Waals surface area contributed by atoms with Crippen LogP contribution in [0, 0.1) is 29.1 Å². The highest BCUT2D eigenvalue weighted by molar-refractivity contribution is 4.88. The first-order valence-corrected chi connectivity index (χ1v) is 10.1. The highest BCUT2D eigenvalue weighted by Crippen LogP contribution is 2.43. The second-order valence-electron chi connectivity index (χ2n) is 8.42. The minimum Gasteiger partial charge on any atom is -0.380 e. The van der Waals surface area contributed by atoms with E-state index in [1.165, 1.54) is 51.4 Å². The van der Waals surface area contributed by atoms with Crippen LogP contribution in [-0.4, -0.2) is 13.2 Å². The van der Waals surface area contributed by atoms with E-state index < -0.39 is 0 Å². The van der Waals surface area contributed by atoms with Crippen molar-refractivity contribution < 1.29 is 4.74 Å². The van der Waals surface area contributed by atoms with Crippen molar-refractivity contribution in [2.45, 2.75) is 92.9 Å². The van der Waals surface area contributed by atoms with Crippen molar-refractivity contribution in [2.24, 2.45) is 29.1 Å². The van der Waals surface area contributed by atoms with Crippen molar-refractivity contribution in [3.05, 3.63) is 0 Å². The monoisotopic (exact) mass is 310 g/mol. The summed E-state index contributed by atoms with van der Waals surface area (Å²) in [5.74, 6) is 3.52. The van der Waals surface area contributed by atoms with E-state index in [1.54, 1.807) is 0 Å². The lowest BCUT2D eigenvalue weighted by atomic mass is 9.68. The van der Waals surface area contributed by atoms with Crippen molar-refractivity contribution in [1.82, 2.24) is 0 Å². The molecule has 132 valence electrons. The maximum atomic E-state index is 5.57. The van der Waals surface area contributed by atoms with Crippen LogP contribution in [0.3, 0.4) is 0 Å². The van der Waals surface area contributed by atoms with Gasteiger partial charge in [0.2, 0.25) is 0 Å². The molecule has 0 N–H and O–H groups in total. The topological polar surface area (TPSA) is 9.23 Å². The molecular formula is C21H42O. The summed E-state index contributed by atoms with van der Waals surface area (Å²) in [5.41, 5.74) is 0.524. The summed E-state index contributed by atoms with van der Waals surface area (Å²) in [7, 11) is 0. The van der Waals surface area contributed by atoms with Gasteiger partial charge in [-0.2, -0.15) is 0 Å². The summed E-state index contributed by atoms with van der Waals surface area (Å²) in [4.78, 5) is 0. The zero-order valence-electron chi connectivity index (χ0n) is 16.3. The minimum absolute atomic E-state index is 0.524. The fraction of sp³-hybridized carbons (Fsp3) is 1.00. The van der Waals surface area contributed by atoms with Crippen molar-refractivity contribution >= 4 is 0 Å². The Labute approximate surface area is 140 Å². The molecule has 0 bridgehead atoms. The van der Waals surface area contributed by atoms with Crippen LogP contribution in [0.15, 0.2) is 0 Å². The Morgan fingerprint density at radius 1 is 0.909 bits per heavy atom. The van der Waals surface area contributed by atoms with E-state index in [0.29, 0.717) is 5.41 Å². The summed E-state index contributed by atoms with van der Waals surface area (Å²) in [6.07, 6.45) is 11.0. The van der Waals surface area contributed by atoms with Crippen molar-refractivity contribution in [2.75, 3.05) is 13.2 Å². The zero-order chi connectivity index (χ0) is 16.6. The molecule has 0 radical (unpaired) electrons. The van der Waals surface area contributed by atoms with Crippen LogP contribution in [-0.2, 0) is 4.74 Å². The van der Waals surface area contributed by atoms with E-state index >= 15 is 0 Å². The zero-order valence-corrected chi connectivity index (χ0v) is 16.3. The van der Waals surface area contributed by atoms with E-state index in [0.717, 1.165) is 36.9 Å². The summed E-state index contributed by atoms with van der Waals surface area (Å²) < 4.78 is 5.57. The molecule has 1 fully saturated rings. The van der Waals surface area contributed by atoms with Gasteiger partial charge in [0, 0.05) is 5.41 Å². The molecule has 1 nitrogen and oxygen atoms in total. The molecule has 0 spiro atoms. The van der Waals surface area contributed by atoms with Crippen LogP contribution in [0.25, 0.3) is 0 Å². The Hall–Kier alpha value is -0.0400. The van der Waals surface area contributed by atoms with Gasteiger partial charge in [-0.1, -0.05) is 73.6 Å². The number of hydrogen-bond acceptors (Lipinski definition) is 1. The Bertz CT molecular complexity index is 282. The van der Waals surface area contributed by atoms with Gasteiger partial charge in [0.1, 0.15) is 0 Å². The number of hydrogen-bond donors (Lipinski definition) is 0. The van der Waals surface area contributed by atoms with E-state index in [1.807, 2.05) is 0 Å². The van der Waals surface area contributed by atoms with Gasteiger partial charge in [-0.3, -0.25) is 0 Å². The van der Waals surface area contributed by atoms with Crippen molar-refractivity contribution in [1.29, 1.82) is 0 Å². The van der Waals surface area contributed by atoms with Gasteiger partial charge in [0.25, 0.3) is 0 Å². The Kier molecular flexibility index (Phi) is 9.05. The summed E-state index contributed by atoms with van der Waals surface area (Å²) in [6.45, 7) is 16.5. The summed E-state index contributed by atoms with van der Waals surface area (Å²) in [6, 6.07) is 0. The van der Waals surface area contributed by atoms with Gasteiger partial charge in [-0.25, -0.2) is 0 Å². The summed E-state index contributed by atoms with van der Waals surface area (Å²) >= 11 is 0. The largest absolute Gasteiger partial charge is 0.380 e. The molecule has 1 aliphatic heterocycles. The quantitative estimate of drug-likeness (QED) is 0.389. The molecule has 1 aliphatic rings. The third-order valence-corrected chi connectivity index (χ3v) is 6.38. The van der Waals surface area contributed by atoms with E-state index in [-0.39, 0.29) is 0 Å². The molecule has 0 aliphatic carbocycles. The predicted octanol–water partition coefficient (Wildman–Crippen LogP) is 6.71. The Morgan fingerprint density at radius 2 is 1.59 bits per heavy atom. The van der Waals surface area contributed by atoms with Crippen LogP contribution in [0.5, 0.6) is 0 Å². The van der Waals surface area contributed by atoms with Crippen LogP contribution >= 0.6 is 0 Å². The van der Waals surface area contributed by atoms with Crippen molar-refractivity contribution in [3.8, 4) is 0 Å². The first-order valence-electron chi connectivity index (χ1n) is 10.1. The molecule has 0 aromatic rings. The van der Waals surface area contributed by atoms with Crippen molar-refractivity contribution in [3.63, 3.8) is 0 Å². The molecule has 0 amide bonds. The minimum atomic E-state index is 0.524. The lowest BCUT2D eigenvalue weighted by molar-refractivity contribution is -0.132. The average Bonchev–Trinajstić information content (AvgIpc) is 2.48. The number of ether oxygens (including phenoxy) is 1. The molecular weight excluding hydrogens is 268 g/mol. The molecule has 1 rings (SSSR count). The molecule has 1 heterocycles. The Balaban J connectivity index is 2.53. The van der Waals surface area contributed by atoms with Gasteiger partial charge in [-0.15, -0.1) is 0 Å².